The first-order valence-electron chi connectivity index (χ1n) is 9.16. The van der Waals surface area contributed by atoms with Gasteiger partial charge in [0.05, 0.1) is 17.8 Å². The van der Waals surface area contributed by atoms with Crippen molar-refractivity contribution in [1.82, 2.24) is 4.90 Å². The first kappa shape index (κ1) is 20.7. The van der Waals surface area contributed by atoms with Crippen LogP contribution in [0.25, 0.3) is 17.4 Å². The van der Waals surface area contributed by atoms with Crippen LogP contribution in [0.15, 0.2) is 74.3 Å². The fourth-order valence-electron chi connectivity index (χ4n) is 3.24. The third kappa shape index (κ3) is 3.93. The average Bonchev–Trinajstić information content (AvgIpc) is 3.43. The summed E-state index contributed by atoms with van der Waals surface area (Å²) in [5.41, 5.74) is 0.961. The quantitative estimate of drug-likeness (QED) is 0.377. The van der Waals surface area contributed by atoms with Crippen LogP contribution in [-0.4, -0.2) is 16.7 Å². The van der Waals surface area contributed by atoms with Gasteiger partial charge in [-0.15, -0.1) is 0 Å². The zero-order chi connectivity index (χ0) is 22.1. The molecule has 2 aromatic heterocycles. The number of carbonyl (C=O) groups is 2. The summed E-state index contributed by atoms with van der Waals surface area (Å²) in [6.07, 6.45) is 2.95. The van der Waals surface area contributed by atoms with Gasteiger partial charge in [-0.3, -0.25) is 14.5 Å². The van der Waals surface area contributed by atoms with E-state index in [0.29, 0.717) is 32.9 Å². The fourth-order valence-corrected chi connectivity index (χ4v) is 3.62. The first-order valence-corrected chi connectivity index (χ1v) is 9.91. The standard InChI is InChI=1S/C23H14Cl2N2O4/c1-13-17(10-15-5-7-21(31-15)18-9-14(24)4-6-20(18)25)22(28)27(23(29)19(13)11-26)12-16-3-2-8-30-16/h2-10H,12H2,1H3/b17-10+. The lowest BCUT2D eigenvalue weighted by molar-refractivity contribution is -0.141. The molecule has 31 heavy (non-hydrogen) atoms. The number of hydrogen-bond acceptors (Lipinski definition) is 5. The Kier molecular flexibility index (Phi) is 5.55. The fraction of sp³-hybridized carbons (Fsp3) is 0.0870. The maximum absolute atomic E-state index is 13.1. The van der Waals surface area contributed by atoms with Crippen molar-refractivity contribution in [3.05, 3.63) is 87.0 Å². The summed E-state index contributed by atoms with van der Waals surface area (Å²) < 4.78 is 11.1. The lowest BCUT2D eigenvalue weighted by atomic mass is 9.94. The predicted octanol–water partition coefficient (Wildman–Crippen LogP) is 5.64. The number of nitrogens with zero attached hydrogens (tertiary/aromatic N) is 2. The van der Waals surface area contributed by atoms with Gasteiger partial charge in [0.15, 0.2) is 0 Å². The number of rotatable bonds is 4. The minimum atomic E-state index is -0.663. The Balaban J connectivity index is 1.74. The van der Waals surface area contributed by atoms with Crippen LogP contribution in [0.2, 0.25) is 10.0 Å². The average molecular weight is 453 g/mol. The van der Waals surface area contributed by atoms with Gasteiger partial charge in [0.1, 0.15) is 28.9 Å². The normalized spacial score (nSPS) is 15.7. The van der Waals surface area contributed by atoms with Gasteiger partial charge in [-0.1, -0.05) is 23.2 Å². The maximum Gasteiger partial charge on any atom is 0.272 e. The van der Waals surface area contributed by atoms with Crippen LogP contribution >= 0.6 is 23.2 Å². The van der Waals surface area contributed by atoms with Crippen LogP contribution in [0.3, 0.4) is 0 Å². The molecule has 0 saturated heterocycles. The minimum absolute atomic E-state index is 0.0814. The number of imide groups is 1. The van der Waals surface area contributed by atoms with Crippen LogP contribution in [-0.2, 0) is 16.1 Å². The second-order valence-electron chi connectivity index (χ2n) is 6.77. The highest BCUT2D eigenvalue weighted by Crippen LogP contribution is 2.33. The smallest absolute Gasteiger partial charge is 0.272 e. The van der Waals surface area contributed by atoms with Crippen LogP contribution in [0.5, 0.6) is 0 Å². The minimum Gasteiger partial charge on any atom is -0.467 e. The number of furan rings is 2. The van der Waals surface area contributed by atoms with E-state index in [9.17, 15) is 14.9 Å². The summed E-state index contributed by atoms with van der Waals surface area (Å²) in [5, 5.41) is 10.5. The Bertz CT molecular complexity index is 1290. The third-order valence-electron chi connectivity index (χ3n) is 4.83. The molecular formula is C23H14Cl2N2O4. The summed E-state index contributed by atoms with van der Waals surface area (Å²) in [5.74, 6) is 0.0430. The van der Waals surface area contributed by atoms with Crippen molar-refractivity contribution in [2.45, 2.75) is 13.5 Å². The number of halogens is 2. The molecule has 0 unspecified atom stereocenters. The second-order valence-corrected chi connectivity index (χ2v) is 7.62. The number of benzene rings is 1. The molecule has 0 bridgehead atoms. The zero-order valence-electron chi connectivity index (χ0n) is 16.2. The van der Waals surface area contributed by atoms with Gasteiger partial charge >= 0.3 is 0 Å². The Labute approximate surface area is 187 Å². The topological polar surface area (TPSA) is 87.5 Å². The molecule has 0 saturated carbocycles. The highest BCUT2D eigenvalue weighted by atomic mass is 35.5. The molecule has 0 N–H and O–H groups in total. The van der Waals surface area contributed by atoms with E-state index in [-0.39, 0.29) is 23.3 Å². The molecule has 0 spiro atoms. The van der Waals surface area contributed by atoms with Crippen molar-refractivity contribution >= 4 is 41.1 Å². The molecule has 0 radical (unpaired) electrons. The van der Waals surface area contributed by atoms with E-state index in [1.165, 1.54) is 12.3 Å². The van der Waals surface area contributed by atoms with E-state index < -0.39 is 11.8 Å². The lowest BCUT2D eigenvalue weighted by Gasteiger charge is -2.26. The molecule has 154 valence electrons. The molecule has 3 heterocycles. The molecule has 1 aromatic carbocycles. The van der Waals surface area contributed by atoms with Gasteiger partial charge < -0.3 is 8.83 Å². The number of nitriles is 1. The molecule has 3 aromatic rings. The van der Waals surface area contributed by atoms with Crippen molar-refractivity contribution < 1.29 is 18.4 Å². The van der Waals surface area contributed by atoms with Gasteiger partial charge in [0.25, 0.3) is 11.8 Å². The summed E-state index contributed by atoms with van der Waals surface area (Å²) in [4.78, 5) is 26.7. The SMILES string of the molecule is CC1=C(C#N)C(=O)N(Cc2ccco2)C(=O)/C1=C/c1ccc(-c2cc(Cl)ccc2Cl)o1. The maximum atomic E-state index is 13.1. The van der Waals surface area contributed by atoms with Gasteiger partial charge in [-0.25, -0.2) is 0 Å². The Morgan fingerprint density at radius 1 is 1.13 bits per heavy atom. The van der Waals surface area contributed by atoms with Crippen LogP contribution in [0.1, 0.15) is 18.4 Å². The van der Waals surface area contributed by atoms with Crippen molar-refractivity contribution in [3.8, 4) is 17.4 Å². The number of hydrogen-bond donors (Lipinski definition) is 0. The van der Waals surface area contributed by atoms with E-state index in [4.69, 9.17) is 32.0 Å². The van der Waals surface area contributed by atoms with Crippen LogP contribution in [0.4, 0.5) is 0 Å². The van der Waals surface area contributed by atoms with Crippen LogP contribution < -0.4 is 0 Å². The van der Waals surface area contributed by atoms with E-state index in [2.05, 4.69) is 0 Å². The molecule has 8 heteroatoms. The molecule has 0 aliphatic carbocycles. The molecule has 0 atom stereocenters. The van der Waals surface area contributed by atoms with E-state index in [0.717, 1.165) is 4.90 Å². The molecular weight excluding hydrogens is 439 g/mol. The summed E-state index contributed by atoms with van der Waals surface area (Å²) in [6, 6.07) is 13.6. The molecule has 4 rings (SSSR count). The van der Waals surface area contributed by atoms with E-state index in [1.54, 1.807) is 49.4 Å². The van der Waals surface area contributed by atoms with Crippen molar-refractivity contribution in [1.29, 1.82) is 5.26 Å². The summed E-state index contributed by atoms with van der Waals surface area (Å²) in [6.45, 7) is 1.48. The molecule has 0 fully saturated rings. The van der Waals surface area contributed by atoms with Gasteiger partial charge in [0, 0.05) is 16.2 Å². The lowest BCUT2D eigenvalue weighted by Crippen LogP contribution is -2.42. The zero-order valence-corrected chi connectivity index (χ0v) is 17.7. The van der Waals surface area contributed by atoms with E-state index >= 15 is 0 Å². The number of carbonyl (C=O) groups excluding carboxylic acids is 2. The Morgan fingerprint density at radius 2 is 1.94 bits per heavy atom. The molecule has 6 nitrogen and oxygen atoms in total. The van der Waals surface area contributed by atoms with E-state index in [1.807, 2.05) is 6.07 Å². The highest BCUT2D eigenvalue weighted by molar-refractivity contribution is 6.35. The van der Waals surface area contributed by atoms with Gasteiger partial charge in [-0.05, 0) is 61.0 Å². The summed E-state index contributed by atoms with van der Waals surface area (Å²) >= 11 is 12.3. The molecule has 1 aliphatic rings. The predicted molar refractivity (Wildman–Crippen MR) is 115 cm³/mol. The van der Waals surface area contributed by atoms with Crippen molar-refractivity contribution in [2.75, 3.05) is 0 Å². The second kappa shape index (κ2) is 8.31. The summed E-state index contributed by atoms with van der Waals surface area (Å²) in [7, 11) is 0. The van der Waals surface area contributed by atoms with Gasteiger partial charge in [0.2, 0.25) is 0 Å². The van der Waals surface area contributed by atoms with Gasteiger partial charge in [-0.2, -0.15) is 5.26 Å². The van der Waals surface area contributed by atoms with Crippen molar-refractivity contribution in [2.24, 2.45) is 0 Å². The molecule has 2 amide bonds. The Morgan fingerprint density at radius 3 is 2.65 bits per heavy atom. The largest absolute Gasteiger partial charge is 0.467 e. The Hall–Kier alpha value is -3.53. The molecule has 1 aliphatic heterocycles. The van der Waals surface area contributed by atoms with Crippen LogP contribution in [0, 0.1) is 11.3 Å². The number of amides is 2. The first-order chi connectivity index (χ1) is 14.9. The monoisotopic (exact) mass is 452 g/mol. The third-order valence-corrected chi connectivity index (χ3v) is 5.39. The van der Waals surface area contributed by atoms with Crippen molar-refractivity contribution in [3.63, 3.8) is 0 Å². The highest BCUT2D eigenvalue weighted by Gasteiger charge is 2.36.